The van der Waals surface area contributed by atoms with Gasteiger partial charge in [-0.15, -0.1) is 22.7 Å². The van der Waals surface area contributed by atoms with Crippen LogP contribution in [0.15, 0.2) is 82.0 Å². The van der Waals surface area contributed by atoms with Crippen molar-refractivity contribution in [2.75, 3.05) is 0 Å². The summed E-state index contributed by atoms with van der Waals surface area (Å²) in [6, 6.07) is 23.6. The SMILES string of the molecule is Brc1c2c(-c3ccccc3)csc2cc2scc(-c3ccccc3)c12. The molecule has 0 amide bonds. The van der Waals surface area contributed by atoms with Crippen LogP contribution in [0, 0.1) is 0 Å². The zero-order valence-corrected chi connectivity index (χ0v) is 16.4. The molecule has 0 atom stereocenters. The molecule has 0 unspecified atom stereocenters. The quantitative estimate of drug-likeness (QED) is 0.269. The molecular weight excluding hydrogens is 408 g/mol. The van der Waals surface area contributed by atoms with E-state index in [0.717, 1.165) is 0 Å². The Kier molecular flexibility index (Phi) is 3.74. The van der Waals surface area contributed by atoms with Gasteiger partial charge in [0.05, 0.1) is 0 Å². The maximum Gasteiger partial charge on any atom is 0.0375 e. The van der Waals surface area contributed by atoms with Crippen LogP contribution in [0.4, 0.5) is 0 Å². The largest absolute Gasteiger partial charge is 0.143 e. The molecule has 120 valence electrons. The highest BCUT2D eigenvalue weighted by atomic mass is 79.9. The first kappa shape index (κ1) is 15.3. The molecule has 0 N–H and O–H groups in total. The molecule has 3 heteroatoms. The van der Waals surface area contributed by atoms with Crippen molar-refractivity contribution in [3.8, 4) is 22.3 Å². The van der Waals surface area contributed by atoms with Gasteiger partial charge in [0.25, 0.3) is 0 Å². The Morgan fingerprint density at radius 2 is 1.04 bits per heavy atom. The maximum atomic E-state index is 3.95. The Bertz CT molecular complexity index is 1090. The number of rotatable bonds is 2. The van der Waals surface area contributed by atoms with Gasteiger partial charge in [0.1, 0.15) is 0 Å². The van der Waals surface area contributed by atoms with Gasteiger partial charge < -0.3 is 0 Å². The molecule has 0 saturated carbocycles. The summed E-state index contributed by atoms with van der Waals surface area (Å²) >= 11 is 7.59. The summed E-state index contributed by atoms with van der Waals surface area (Å²) in [6.45, 7) is 0. The van der Waals surface area contributed by atoms with Crippen LogP contribution in [0.3, 0.4) is 0 Å². The van der Waals surface area contributed by atoms with E-state index in [4.69, 9.17) is 0 Å². The summed E-state index contributed by atoms with van der Waals surface area (Å²) in [5.74, 6) is 0. The Balaban J connectivity index is 1.85. The predicted molar refractivity (Wildman–Crippen MR) is 116 cm³/mol. The average Bonchev–Trinajstić information content (AvgIpc) is 3.28. The molecule has 0 spiro atoms. The minimum atomic E-state index is 1.21. The van der Waals surface area contributed by atoms with Crippen LogP contribution in [0.2, 0.25) is 0 Å². The van der Waals surface area contributed by atoms with E-state index < -0.39 is 0 Å². The van der Waals surface area contributed by atoms with Crippen LogP contribution < -0.4 is 0 Å². The number of halogens is 1. The van der Waals surface area contributed by atoms with Crippen LogP contribution in [0.25, 0.3) is 42.4 Å². The average molecular weight is 421 g/mol. The summed E-state index contributed by atoms with van der Waals surface area (Å²) in [5, 5.41) is 7.19. The van der Waals surface area contributed by atoms with Gasteiger partial charge in [-0.2, -0.15) is 0 Å². The summed E-state index contributed by atoms with van der Waals surface area (Å²) < 4.78 is 3.87. The Hall–Kier alpha value is -1.94. The van der Waals surface area contributed by atoms with Crippen molar-refractivity contribution in [1.29, 1.82) is 0 Å². The summed E-state index contributed by atoms with van der Waals surface area (Å²) in [6.07, 6.45) is 0. The van der Waals surface area contributed by atoms with Crippen molar-refractivity contribution >= 4 is 58.8 Å². The van der Waals surface area contributed by atoms with Crippen LogP contribution in [0.5, 0.6) is 0 Å². The highest BCUT2D eigenvalue weighted by Gasteiger charge is 2.17. The third-order valence-corrected chi connectivity index (χ3v) is 7.16. The molecule has 5 aromatic rings. The monoisotopic (exact) mass is 420 g/mol. The number of benzene rings is 3. The van der Waals surface area contributed by atoms with Crippen molar-refractivity contribution in [2.45, 2.75) is 0 Å². The van der Waals surface area contributed by atoms with Crippen molar-refractivity contribution in [2.24, 2.45) is 0 Å². The maximum absolute atomic E-state index is 3.95. The van der Waals surface area contributed by atoms with E-state index in [0.29, 0.717) is 0 Å². The van der Waals surface area contributed by atoms with Crippen molar-refractivity contribution < 1.29 is 0 Å². The van der Waals surface area contributed by atoms with Gasteiger partial charge in [0.15, 0.2) is 0 Å². The standard InChI is InChI=1S/C22H13BrS2/c23-22-20-16(14-7-3-1-4-8-14)12-24-18(20)11-19-21(22)17(13-25-19)15-9-5-2-6-10-15/h1-13H. The zero-order valence-electron chi connectivity index (χ0n) is 13.2. The number of thiophene rings is 2. The molecule has 0 aliphatic rings. The van der Waals surface area contributed by atoms with Gasteiger partial charge in [-0.25, -0.2) is 0 Å². The highest BCUT2D eigenvalue weighted by Crippen LogP contribution is 2.47. The van der Waals surface area contributed by atoms with Crippen molar-refractivity contribution in [3.63, 3.8) is 0 Å². The van der Waals surface area contributed by atoms with Gasteiger partial charge in [0, 0.05) is 35.8 Å². The molecule has 0 aliphatic carbocycles. The van der Waals surface area contributed by atoms with E-state index in [-0.39, 0.29) is 0 Å². The number of hydrogen-bond donors (Lipinski definition) is 0. The molecule has 0 fully saturated rings. The minimum absolute atomic E-state index is 1.21. The normalized spacial score (nSPS) is 11.4. The van der Waals surface area contributed by atoms with E-state index in [2.05, 4.69) is 93.4 Å². The zero-order chi connectivity index (χ0) is 16.8. The molecule has 25 heavy (non-hydrogen) atoms. The lowest BCUT2D eigenvalue weighted by atomic mass is 10.0. The lowest BCUT2D eigenvalue weighted by Gasteiger charge is -2.06. The fourth-order valence-corrected chi connectivity index (χ4v) is 6.54. The van der Waals surface area contributed by atoms with Gasteiger partial charge in [-0.05, 0) is 43.9 Å². The van der Waals surface area contributed by atoms with Gasteiger partial charge >= 0.3 is 0 Å². The Morgan fingerprint density at radius 3 is 1.48 bits per heavy atom. The van der Waals surface area contributed by atoms with Gasteiger partial charge in [-0.1, -0.05) is 60.7 Å². The van der Waals surface area contributed by atoms with Crippen LogP contribution >= 0.6 is 38.6 Å². The highest BCUT2D eigenvalue weighted by molar-refractivity contribution is 9.10. The lowest BCUT2D eigenvalue weighted by Crippen LogP contribution is -1.80. The molecule has 2 heterocycles. The lowest BCUT2D eigenvalue weighted by molar-refractivity contribution is 1.68. The summed E-state index contributed by atoms with van der Waals surface area (Å²) in [5.41, 5.74) is 5.15. The Morgan fingerprint density at radius 1 is 0.600 bits per heavy atom. The van der Waals surface area contributed by atoms with Crippen LogP contribution in [-0.4, -0.2) is 0 Å². The van der Waals surface area contributed by atoms with E-state index in [9.17, 15) is 0 Å². The molecule has 0 nitrogen and oxygen atoms in total. The van der Waals surface area contributed by atoms with Crippen molar-refractivity contribution in [3.05, 3.63) is 82.0 Å². The predicted octanol–water partition coefficient (Wildman–Crippen LogP) is 8.21. The second kappa shape index (κ2) is 6.10. The second-order valence-electron chi connectivity index (χ2n) is 5.97. The van der Waals surface area contributed by atoms with E-state index in [1.54, 1.807) is 0 Å². The fraction of sp³-hybridized carbons (Fsp3) is 0. The molecule has 5 rings (SSSR count). The van der Waals surface area contributed by atoms with E-state index >= 15 is 0 Å². The summed E-state index contributed by atoms with van der Waals surface area (Å²) in [7, 11) is 0. The number of hydrogen-bond acceptors (Lipinski definition) is 2. The minimum Gasteiger partial charge on any atom is -0.143 e. The first-order valence-corrected chi connectivity index (χ1v) is 10.6. The Labute approximate surface area is 162 Å². The number of fused-ring (bicyclic) bond motifs is 2. The topological polar surface area (TPSA) is 0 Å². The van der Waals surface area contributed by atoms with E-state index in [1.165, 1.54) is 46.9 Å². The third-order valence-electron chi connectivity index (χ3n) is 4.51. The first-order valence-electron chi connectivity index (χ1n) is 8.04. The van der Waals surface area contributed by atoms with Crippen molar-refractivity contribution in [1.82, 2.24) is 0 Å². The van der Waals surface area contributed by atoms with E-state index in [1.807, 2.05) is 22.7 Å². The van der Waals surface area contributed by atoms with Gasteiger partial charge in [0.2, 0.25) is 0 Å². The fourth-order valence-electron chi connectivity index (χ4n) is 3.32. The molecule has 0 bridgehead atoms. The second-order valence-corrected chi connectivity index (χ2v) is 8.58. The smallest absolute Gasteiger partial charge is 0.0375 e. The van der Waals surface area contributed by atoms with Crippen LogP contribution in [-0.2, 0) is 0 Å². The molecule has 2 aromatic heterocycles. The van der Waals surface area contributed by atoms with Crippen LogP contribution in [0.1, 0.15) is 0 Å². The summed E-state index contributed by atoms with van der Waals surface area (Å²) in [4.78, 5) is 0. The molecule has 3 aromatic carbocycles. The molecule has 0 aliphatic heterocycles. The molecule has 0 radical (unpaired) electrons. The first-order chi connectivity index (χ1) is 12.3. The van der Waals surface area contributed by atoms with Gasteiger partial charge in [-0.3, -0.25) is 0 Å². The molecular formula is C22H13BrS2. The third kappa shape index (κ3) is 2.46. The molecule has 0 saturated heterocycles.